The molecule has 0 aromatic heterocycles. The molecular formula is C12H17N2O4+. The minimum atomic E-state index is -0.913. The molecule has 1 saturated heterocycles. The Kier molecular flexibility index (Phi) is 4.32. The normalized spacial score (nSPS) is 23.4. The SMILES string of the molecule is CC/C=C/C([N+]#N)=C(/O)O[C@H]1C(=O)OCC1(C)C. The highest BCUT2D eigenvalue weighted by Gasteiger charge is 2.47. The van der Waals surface area contributed by atoms with Crippen LogP contribution in [0.2, 0.25) is 0 Å². The molecule has 98 valence electrons. The maximum atomic E-state index is 11.5. The number of carbonyl (C=O) groups is 1. The lowest BCUT2D eigenvalue weighted by atomic mass is 9.90. The highest BCUT2D eigenvalue weighted by atomic mass is 16.6. The summed E-state index contributed by atoms with van der Waals surface area (Å²) in [5, 5.41) is 18.4. The molecule has 18 heavy (non-hydrogen) atoms. The molecule has 1 N–H and O–H groups in total. The summed E-state index contributed by atoms with van der Waals surface area (Å²) in [4.78, 5) is 14.4. The number of esters is 1. The Bertz CT molecular complexity index is 432. The van der Waals surface area contributed by atoms with E-state index in [1.807, 2.05) is 6.92 Å². The molecule has 0 spiro atoms. The second-order valence-corrected chi connectivity index (χ2v) is 4.70. The van der Waals surface area contributed by atoms with E-state index in [2.05, 4.69) is 4.98 Å². The van der Waals surface area contributed by atoms with E-state index in [1.54, 1.807) is 19.9 Å². The van der Waals surface area contributed by atoms with E-state index < -0.39 is 23.4 Å². The summed E-state index contributed by atoms with van der Waals surface area (Å²) in [5.74, 6) is -1.14. The highest BCUT2D eigenvalue weighted by molar-refractivity contribution is 5.78. The van der Waals surface area contributed by atoms with E-state index in [1.165, 1.54) is 6.08 Å². The quantitative estimate of drug-likeness (QED) is 0.360. The van der Waals surface area contributed by atoms with Gasteiger partial charge in [0, 0.05) is 11.5 Å². The minimum absolute atomic E-state index is 0.132. The van der Waals surface area contributed by atoms with Gasteiger partial charge in [0.25, 0.3) is 0 Å². The van der Waals surface area contributed by atoms with Gasteiger partial charge in [-0.1, -0.05) is 26.8 Å². The van der Waals surface area contributed by atoms with E-state index in [9.17, 15) is 9.90 Å². The molecule has 1 aliphatic heterocycles. The van der Waals surface area contributed by atoms with E-state index >= 15 is 0 Å². The molecule has 0 aromatic carbocycles. The van der Waals surface area contributed by atoms with Crippen molar-refractivity contribution in [3.63, 3.8) is 0 Å². The summed E-state index contributed by atoms with van der Waals surface area (Å²) in [5.41, 5.74) is -0.674. The number of rotatable bonds is 4. The molecule has 0 radical (unpaired) electrons. The number of carbonyl (C=O) groups excluding carboxylic acids is 1. The van der Waals surface area contributed by atoms with Crippen LogP contribution < -0.4 is 0 Å². The Morgan fingerprint density at radius 2 is 2.39 bits per heavy atom. The monoisotopic (exact) mass is 253 g/mol. The maximum Gasteiger partial charge on any atom is 0.463 e. The lowest BCUT2D eigenvalue weighted by Gasteiger charge is -2.20. The first-order valence-corrected chi connectivity index (χ1v) is 5.70. The smallest absolute Gasteiger partial charge is 0.463 e. The number of hydrogen-bond acceptors (Lipinski definition) is 5. The van der Waals surface area contributed by atoms with Crippen molar-refractivity contribution in [1.29, 1.82) is 5.39 Å². The molecule has 1 atom stereocenters. The van der Waals surface area contributed by atoms with Crippen LogP contribution in [-0.4, -0.2) is 23.8 Å². The third kappa shape index (κ3) is 3.00. The van der Waals surface area contributed by atoms with Gasteiger partial charge in [-0.3, -0.25) is 0 Å². The maximum absolute atomic E-state index is 11.5. The molecule has 1 aliphatic rings. The van der Waals surface area contributed by atoms with Gasteiger partial charge in [0.05, 0.1) is 0 Å². The first-order valence-electron chi connectivity index (χ1n) is 5.70. The largest absolute Gasteiger partial charge is 0.475 e. The van der Waals surface area contributed by atoms with Gasteiger partial charge in [0.1, 0.15) is 6.61 Å². The summed E-state index contributed by atoms with van der Waals surface area (Å²) >= 11 is 0. The molecule has 0 bridgehead atoms. The average Bonchev–Trinajstić information content (AvgIpc) is 2.57. The van der Waals surface area contributed by atoms with Crippen molar-refractivity contribution in [1.82, 2.24) is 0 Å². The minimum Gasteiger partial charge on any atom is -0.475 e. The summed E-state index contributed by atoms with van der Waals surface area (Å²) in [7, 11) is 0. The number of ether oxygens (including phenoxy) is 2. The van der Waals surface area contributed by atoms with Crippen molar-refractivity contribution < 1.29 is 19.4 Å². The predicted molar refractivity (Wildman–Crippen MR) is 63.8 cm³/mol. The van der Waals surface area contributed by atoms with Gasteiger partial charge >= 0.3 is 17.6 Å². The molecule has 0 saturated carbocycles. The molecule has 0 unspecified atom stereocenters. The highest BCUT2D eigenvalue weighted by Crippen LogP contribution is 2.32. The van der Waals surface area contributed by atoms with E-state index in [0.717, 1.165) is 0 Å². The summed E-state index contributed by atoms with van der Waals surface area (Å²) < 4.78 is 10.0. The Morgan fingerprint density at radius 1 is 1.72 bits per heavy atom. The number of nitrogens with zero attached hydrogens (tertiary/aromatic N) is 2. The van der Waals surface area contributed by atoms with Crippen LogP contribution in [0.25, 0.3) is 4.98 Å². The lowest BCUT2D eigenvalue weighted by molar-refractivity contribution is -0.148. The van der Waals surface area contributed by atoms with E-state index in [4.69, 9.17) is 14.9 Å². The van der Waals surface area contributed by atoms with Crippen LogP contribution in [0.4, 0.5) is 0 Å². The van der Waals surface area contributed by atoms with Crippen molar-refractivity contribution in [2.24, 2.45) is 5.41 Å². The summed E-state index contributed by atoms with van der Waals surface area (Å²) in [6, 6.07) is 0. The first kappa shape index (κ1) is 14.0. The second kappa shape index (κ2) is 5.54. The van der Waals surface area contributed by atoms with Crippen LogP contribution >= 0.6 is 0 Å². The number of allylic oxidation sites excluding steroid dienone is 2. The zero-order chi connectivity index (χ0) is 13.8. The van der Waals surface area contributed by atoms with Gasteiger partial charge < -0.3 is 14.6 Å². The molecule has 1 rings (SSSR count). The van der Waals surface area contributed by atoms with Gasteiger partial charge in [0.2, 0.25) is 11.5 Å². The molecule has 1 heterocycles. The lowest BCUT2D eigenvalue weighted by Crippen LogP contribution is -2.32. The van der Waals surface area contributed by atoms with E-state index in [0.29, 0.717) is 6.42 Å². The van der Waals surface area contributed by atoms with Gasteiger partial charge in [-0.05, 0) is 6.42 Å². The fraction of sp³-hybridized carbons (Fsp3) is 0.583. The van der Waals surface area contributed by atoms with Crippen molar-refractivity contribution >= 4 is 5.97 Å². The molecule has 1 fully saturated rings. The topological polar surface area (TPSA) is 83.9 Å². The van der Waals surface area contributed by atoms with Crippen LogP contribution in [0.15, 0.2) is 23.8 Å². The number of aliphatic hydroxyl groups excluding tert-OH is 1. The first-order chi connectivity index (χ1) is 8.42. The van der Waals surface area contributed by atoms with Crippen LogP contribution in [0.3, 0.4) is 0 Å². The third-order valence-electron chi connectivity index (χ3n) is 2.58. The van der Waals surface area contributed by atoms with Crippen molar-refractivity contribution in [3.05, 3.63) is 28.8 Å². The number of cyclic esters (lactones) is 1. The van der Waals surface area contributed by atoms with Crippen LogP contribution in [0.5, 0.6) is 0 Å². The fourth-order valence-electron chi connectivity index (χ4n) is 1.48. The van der Waals surface area contributed by atoms with Gasteiger partial charge in [0.15, 0.2) is 4.98 Å². The number of aliphatic hydroxyl groups is 1. The standard InChI is InChI=1S/C12H16N2O4/c1-4-5-6-8(14-13)10(15)18-9-11(16)17-7-12(9,2)3/h5-6,9H,4,7H2,1-3H3/p+1/b6-5+,10-8+/t9-/m0/s1. The zero-order valence-corrected chi connectivity index (χ0v) is 10.7. The molecule has 0 aliphatic carbocycles. The number of diazo groups is 1. The van der Waals surface area contributed by atoms with Crippen LogP contribution in [0, 0.1) is 10.8 Å². The Morgan fingerprint density at radius 3 is 2.83 bits per heavy atom. The van der Waals surface area contributed by atoms with Crippen molar-refractivity contribution in [3.8, 4) is 0 Å². The summed E-state index contributed by atoms with van der Waals surface area (Å²) in [6.07, 6.45) is 2.89. The Hall–Kier alpha value is -2.03. The predicted octanol–water partition coefficient (Wildman–Crippen LogP) is 2.50. The van der Waals surface area contributed by atoms with Crippen LogP contribution in [-0.2, 0) is 14.3 Å². The molecular weight excluding hydrogens is 236 g/mol. The Labute approximate surface area is 106 Å². The second-order valence-electron chi connectivity index (χ2n) is 4.70. The number of hydrogen-bond donors (Lipinski definition) is 1. The van der Waals surface area contributed by atoms with Gasteiger partial charge in [-0.2, -0.15) is 0 Å². The molecule has 0 aromatic rings. The fourth-order valence-corrected chi connectivity index (χ4v) is 1.48. The average molecular weight is 253 g/mol. The van der Waals surface area contributed by atoms with Crippen LogP contribution in [0.1, 0.15) is 27.2 Å². The van der Waals surface area contributed by atoms with Gasteiger partial charge in [-0.25, -0.2) is 4.79 Å². The molecule has 0 amide bonds. The summed E-state index contributed by atoms with van der Waals surface area (Å²) in [6.45, 7) is 5.68. The third-order valence-corrected chi connectivity index (χ3v) is 2.58. The van der Waals surface area contributed by atoms with Crippen molar-refractivity contribution in [2.75, 3.05) is 6.61 Å². The molecule has 6 nitrogen and oxygen atoms in total. The van der Waals surface area contributed by atoms with Gasteiger partial charge in [-0.15, -0.1) is 0 Å². The Balaban J connectivity index is 2.89. The van der Waals surface area contributed by atoms with Crippen molar-refractivity contribution in [2.45, 2.75) is 33.3 Å². The molecule has 6 heteroatoms. The zero-order valence-electron chi connectivity index (χ0n) is 10.7. The van der Waals surface area contributed by atoms with E-state index in [-0.39, 0.29) is 12.3 Å².